The number of sulfone groups is 1. The third-order valence-corrected chi connectivity index (χ3v) is 6.63. The van der Waals surface area contributed by atoms with Crippen molar-refractivity contribution >= 4 is 33.2 Å². The monoisotopic (exact) mass is 443 g/mol. The number of amides is 1. The molecule has 0 fully saturated rings. The molecule has 0 N–H and O–H groups in total. The minimum Gasteiger partial charge on any atom is -0.307 e. The van der Waals surface area contributed by atoms with Crippen LogP contribution in [0.15, 0.2) is 47.4 Å². The van der Waals surface area contributed by atoms with Gasteiger partial charge in [0.15, 0.2) is 9.84 Å². The molecule has 0 unspecified atom stereocenters. The highest BCUT2D eigenvalue weighted by Gasteiger charge is 2.33. The molecular weight excluding hydrogens is 423 g/mol. The van der Waals surface area contributed by atoms with Crippen LogP contribution in [-0.4, -0.2) is 32.4 Å². The Balaban J connectivity index is 1.96. The zero-order valence-electron chi connectivity index (χ0n) is 15.9. The molecule has 3 rings (SSSR count). The van der Waals surface area contributed by atoms with Gasteiger partial charge in [-0.3, -0.25) is 4.79 Å². The first-order valence-corrected chi connectivity index (χ1v) is 11.8. The smallest absolute Gasteiger partial charge is 0.307 e. The predicted octanol–water partition coefficient (Wildman–Crippen LogP) is 4.78. The van der Waals surface area contributed by atoms with Gasteiger partial charge in [-0.1, -0.05) is 19.1 Å². The third kappa shape index (κ3) is 5.33. The van der Waals surface area contributed by atoms with Crippen molar-refractivity contribution in [2.24, 2.45) is 0 Å². The SMILES string of the molecule is C[C@@H]1CCN(C(=O)c2ccc(CS(C)(=O)=O)cc2)c2cc(C(F)(F)F)ccc2S1. The van der Waals surface area contributed by atoms with Crippen LogP contribution in [0, 0.1) is 0 Å². The second kappa shape index (κ2) is 8.02. The molecule has 156 valence electrons. The van der Waals surface area contributed by atoms with Gasteiger partial charge in [-0.05, 0) is 42.3 Å². The highest BCUT2D eigenvalue weighted by molar-refractivity contribution is 8.00. The van der Waals surface area contributed by atoms with Gasteiger partial charge in [0.05, 0.1) is 17.0 Å². The van der Waals surface area contributed by atoms with Crippen LogP contribution in [0.25, 0.3) is 0 Å². The molecule has 0 spiro atoms. The number of alkyl halides is 3. The predicted molar refractivity (Wildman–Crippen MR) is 108 cm³/mol. The Morgan fingerprint density at radius 3 is 2.41 bits per heavy atom. The summed E-state index contributed by atoms with van der Waals surface area (Å²) in [5.74, 6) is -0.553. The zero-order chi connectivity index (χ0) is 21.4. The fraction of sp³-hybridized carbons (Fsp3) is 0.350. The van der Waals surface area contributed by atoms with Crippen molar-refractivity contribution in [3.63, 3.8) is 0 Å². The lowest BCUT2D eigenvalue weighted by Crippen LogP contribution is -2.32. The van der Waals surface area contributed by atoms with Gasteiger partial charge in [0.1, 0.15) is 0 Å². The van der Waals surface area contributed by atoms with Crippen LogP contribution < -0.4 is 4.90 Å². The third-order valence-electron chi connectivity index (χ3n) is 4.54. The maximum Gasteiger partial charge on any atom is 0.416 e. The molecule has 0 radical (unpaired) electrons. The van der Waals surface area contributed by atoms with Gasteiger partial charge < -0.3 is 4.90 Å². The van der Waals surface area contributed by atoms with Crippen LogP contribution in [0.3, 0.4) is 0 Å². The van der Waals surface area contributed by atoms with Crippen molar-refractivity contribution in [3.05, 3.63) is 59.2 Å². The number of thioether (sulfide) groups is 1. The van der Waals surface area contributed by atoms with Crippen LogP contribution in [0.2, 0.25) is 0 Å². The lowest BCUT2D eigenvalue weighted by Gasteiger charge is -2.24. The summed E-state index contributed by atoms with van der Waals surface area (Å²) in [6.07, 6.45) is -2.74. The number of hydrogen-bond donors (Lipinski definition) is 0. The van der Waals surface area contributed by atoms with Gasteiger partial charge in [0.2, 0.25) is 0 Å². The molecule has 0 saturated carbocycles. The Labute approximate surface area is 172 Å². The Morgan fingerprint density at radius 1 is 1.17 bits per heavy atom. The molecule has 1 atom stereocenters. The molecule has 0 aliphatic carbocycles. The molecule has 0 saturated heterocycles. The van der Waals surface area contributed by atoms with E-state index < -0.39 is 27.5 Å². The van der Waals surface area contributed by atoms with Crippen molar-refractivity contribution in [1.82, 2.24) is 0 Å². The van der Waals surface area contributed by atoms with E-state index in [4.69, 9.17) is 0 Å². The summed E-state index contributed by atoms with van der Waals surface area (Å²) in [6, 6.07) is 9.60. The molecule has 29 heavy (non-hydrogen) atoms. The number of fused-ring (bicyclic) bond motifs is 1. The standard InChI is InChI=1S/C20H20F3NO3S2/c1-13-9-10-24(17-11-16(20(21,22)23)7-8-18(17)28-13)19(25)15-5-3-14(4-6-15)12-29(2,26)27/h3-8,11,13H,9-10,12H2,1-2H3/t13-/m1/s1. The van der Waals surface area contributed by atoms with Crippen LogP contribution in [0.1, 0.15) is 34.8 Å². The van der Waals surface area contributed by atoms with E-state index in [9.17, 15) is 26.4 Å². The van der Waals surface area contributed by atoms with E-state index in [1.54, 1.807) is 12.1 Å². The summed E-state index contributed by atoms with van der Waals surface area (Å²) in [6.45, 7) is 2.27. The molecule has 2 aromatic carbocycles. The van der Waals surface area contributed by atoms with E-state index in [1.165, 1.54) is 34.9 Å². The van der Waals surface area contributed by atoms with E-state index >= 15 is 0 Å². The van der Waals surface area contributed by atoms with Crippen LogP contribution in [-0.2, 0) is 21.8 Å². The topological polar surface area (TPSA) is 54.5 Å². The molecule has 0 aromatic heterocycles. The molecule has 0 bridgehead atoms. The summed E-state index contributed by atoms with van der Waals surface area (Å²) in [7, 11) is -3.21. The fourth-order valence-electron chi connectivity index (χ4n) is 3.12. The second-order valence-electron chi connectivity index (χ2n) is 7.12. The van der Waals surface area contributed by atoms with E-state index in [0.717, 1.165) is 18.4 Å². The summed E-state index contributed by atoms with van der Waals surface area (Å²) in [5, 5.41) is 0.153. The highest BCUT2D eigenvalue weighted by Crippen LogP contribution is 2.41. The van der Waals surface area contributed by atoms with Crippen molar-refractivity contribution < 1.29 is 26.4 Å². The minimum atomic E-state index is -4.50. The van der Waals surface area contributed by atoms with Crippen molar-refractivity contribution in [2.45, 2.75) is 35.4 Å². The van der Waals surface area contributed by atoms with Crippen molar-refractivity contribution in [2.75, 3.05) is 17.7 Å². The fourth-order valence-corrected chi connectivity index (χ4v) is 5.02. The Kier molecular flexibility index (Phi) is 6.01. The van der Waals surface area contributed by atoms with Crippen molar-refractivity contribution in [3.8, 4) is 0 Å². The Bertz CT molecular complexity index is 1020. The van der Waals surface area contributed by atoms with E-state index in [2.05, 4.69) is 0 Å². The summed E-state index contributed by atoms with van der Waals surface area (Å²) in [5.41, 5.74) is 0.293. The lowest BCUT2D eigenvalue weighted by molar-refractivity contribution is -0.137. The van der Waals surface area contributed by atoms with E-state index in [1.807, 2.05) is 6.92 Å². The van der Waals surface area contributed by atoms with Crippen LogP contribution in [0.5, 0.6) is 0 Å². The number of carbonyl (C=O) groups excluding carboxylic acids is 1. The van der Waals surface area contributed by atoms with Gasteiger partial charge in [0, 0.05) is 28.5 Å². The molecule has 1 heterocycles. The molecule has 2 aromatic rings. The molecule has 9 heteroatoms. The summed E-state index contributed by atoms with van der Waals surface area (Å²) in [4.78, 5) is 15.1. The first kappa shape index (κ1) is 21.7. The maximum absolute atomic E-state index is 13.2. The second-order valence-corrected chi connectivity index (χ2v) is 10.7. The zero-order valence-corrected chi connectivity index (χ0v) is 17.5. The van der Waals surface area contributed by atoms with Crippen LogP contribution in [0.4, 0.5) is 18.9 Å². The highest BCUT2D eigenvalue weighted by atomic mass is 32.2. The first-order chi connectivity index (χ1) is 13.4. The number of halogens is 3. The number of rotatable bonds is 3. The largest absolute Gasteiger partial charge is 0.416 e. The van der Waals surface area contributed by atoms with Gasteiger partial charge in [-0.2, -0.15) is 13.2 Å². The normalized spacial score (nSPS) is 17.6. The number of benzene rings is 2. The van der Waals surface area contributed by atoms with Gasteiger partial charge in [-0.25, -0.2) is 8.42 Å². The number of hydrogen-bond acceptors (Lipinski definition) is 4. The van der Waals surface area contributed by atoms with Gasteiger partial charge in [0.25, 0.3) is 5.91 Å². The van der Waals surface area contributed by atoms with Crippen LogP contribution >= 0.6 is 11.8 Å². The number of carbonyl (C=O) groups is 1. The van der Waals surface area contributed by atoms with E-state index in [0.29, 0.717) is 29.0 Å². The molecular formula is C20H20F3NO3S2. The average Bonchev–Trinajstić information content (AvgIpc) is 2.77. The first-order valence-electron chi connectivity index (χ1n) is 8.90. The summed E-state index contributed by atoms with van der Waals surface area (Å²) < 4.78 is 62.5. The minimum absolute atomic E-state index is 0.142. The maximum atomic E-state index is 13.2. The number of anilines is 1. The molecule has 4 nitrogen and oxygen atoms in total. The quantitative estimate of drug-likeness (QED) is 0.685. The number of nitrogens with zero attached hydrogens (tertiary/aromatic N) is 1. The van der Waals surface area contributed by atoms with Gasteiger partial charge in [-0.15, -0.1) is 11.8 Å². The van der Waals surface area contributed by atoms with Gasteiger partial charge >= 0.3 is 6.18 Å². The summed E-state index contributed by atoms with van der Waals surface area (Å²) >= 11 is 1.45. The average molecular weight is 444 g/mol. The molecule has 1 aliphatic heterocycles. The lowest BCUT2D eigenvalue weighted by atomic mass is 10.1. The molecule has 1 amide bonds. The Hall–Kier alpha value is -2.00. The molecule has 1 aliphatic rings. The Morgan fingerprint density at radius 2 is 1.83 bits per heavy atom. The van der Waals surface area contributed by atoms with Crippen molar-refractivity contribution in [1.29, 1.82) is 0 Å². The van der Waals surface area contributed by atoms with E-state index in [-0.39, 0.29) is 16.7 Å².